The fraction of sp³-hybridized carbons (Fsp3) is 0.571. The van der Waals surface area contributed by atoms with Gasteiger partial charge in [0.2, 0.25) is 0 Å². The first-order valence-corrected chi connectivity index (χ1v) is 6.35. The van der Waals surface area contributed by atoms with Crippen molar-refractivity contribution in [2.45, 2.75) is 32.4 Å². The highest BCUT2D eigenvalue weighted by Gasteiger charge is 2.15. The van der Waals surface area contributed by atoms with Gasteiger partial charge in [-0.15, -0.1) is 0 Å². The predicted octanol–water partition coefficient (Wildman–Crippen LogP) is 1.88. The number of piperidine rings is 1. The van der Waals surface area contributed by atoms with Gasteiger partial charge in [0.1, 0.15) is 5.75 Å². The van der Waals surface area contributed by atoms with Crippen LogP contribution in [0.1, 0.15) is 24.0 Å². The molecule has 0 saturated carbocycles. The summed E-state index contributed by atoms with van der Waals surface area (Å²) in [6, 6.07) is 6.53. The molecule has 0 bridgehead atoms. The van der Waals surface area contributed by atoms with E-state index in [4.69, 9.17) is 0 Å². The van der Waals surface area contributed by atoms with E-state index in [0.717, 1.165) is 17.7 Å². The lowest BCUT2D eigenvalue weighted by atomic mass is 10.0. The Labute approximate surface area is 103 Å². The van der Waals surface area contributed by atoms with Crippen molar-refractivity contribution < 1.29 is 5.11 Å². The zero-order chi connectivity index (χ0) is 12.3. The van der Waals surface area contributed by atoms with E-state index in [1.165, 1.54) is 25.9 Å². The van der Waals surface area contributed by atoms with E-state index in [0.29, 0.717) is 11.8 Å². The van der Waals surface area contributed by atoms with E-state index in [-0.39, 0.29) is 0 Å². The highest BCUT2D eigenvalue weighted by atomic mass is 16.3. The summed E-state index contributed by atoms with van der Waals surface area (Å²) < 4.78 is 0. The number of hydrogen-bond acceptors (Lipinski definition) is 3. The van der Waals surface area contributed by atoms with Crippen LogP contribution < -0.4 is 5.32 Å². The van der Waals surface area contributed by atoms with Gasteiger partial charge in [-0.05, 0) is 57.1 Å². The molecule has 0 aromatic heterocycles. The van der Waals surface area contributed by atoms with Crippen molar-refractivity contribution in [2.24, 2.45) is 0 Å². The standard InChI is InChI=1S/C14H22N2O/c1-11-3-4-12(9-14(11)17)10-15-13-5-7-16(2)8-6-13/h3-4,9,13,15,17H,5-8,10H2,1-2H3. The van der Waals surface area contributed by atoms with Crippen LogP contribution in [0, 0.1) is 6.92 Å². The van der Waals surface area contributed by atoms with Crippen LogP contribution in [0.15, 0.2) is 18.2 Å². The van der Waals surface area contributed by atoms with E-state index in [1.54, 1.807) is 0 Å². The maximum atomic E-state index is 9.64. The van der Waals surface area contributed by atoms with Gasteiger partial charge in [-0.1, -0.05) is 12.1 Å². The number of aryl methyl sites for hydroxylation is 1. The third-order valence-corrected chi connectivity index (χ3v) is 3.59. The number of hydrogen-bond donors (Lipinski definition) is 2. The number of benzene rings is 1. The van der Waals surface area contributed by atoms with Crippen molar-refractivity contribution >= 4 is 0 Å². The molecule has 1 fully saturated rings. The lowest BCUT2D eigenvalue weighted by molar-refractivity contribution is 0.234. The van der Waals surface area contributed by atoms with Crippen LogP contribution >= 0.6 is 0 Å². The Morgan fingerprint density at radius 1 is 1.35 bits per heavy atom. The smallest absolute Gasteiger partial charge is 0.118 e. The minimum absolute atomic E-state index is 0.396. The lowest BCUT2D eigenvalue weighted by Gasteiger charge is -2.29. The third-order valence-electron chi connectivity index (χ3n) is 3.59. The number of nitrogens with zero attached hydrogens (tertiary/aromatic N) is 1. The third kappa shape index (κ3) is 3.45. The van der Waals surface area contributed by atoms with Crippen molar-refractivity contribution in [1.29, 1.82) is 0 Å². The molecular formula is C14H22N2O. The molecule has 0 radical (unpaired) electrons. The quantitative estimate of drug-likeness (QED) is 0.838. The minimum atomic E-state index is 0.396. The SMILES string of the molecule is Cc1ccc(CNC2CCN(C)CC2)cc1O. The lowest BCUT2D eigenvalue weighted by Crippen LogP contribution is -2.40. The average molecular weight is 234 g/mol. The highest BCUT2D eigenvalue weighted by Crippen LogP contribution is 2.17. The molecule has 1 aliphatic rings. The zero-order valence-corrected chi connectivity index (χ0v) is 10.7. The largest absolute Gasteiger partial charge is 0.508 e. The highest BCUT2D eigenvalue weighted by molar-refractivity contribution is 5.35. The summed E-state index contributed by atoms with van der Waals surface area (Å²) in [6.45, 7) is 5.12. The van der Waals surface area contributed by atoms with E-state index in [2.05, 4.69) is 23.3 Å². The van der Waals surface area contributed by atoms with Gasteiger partial charge in [0, 0.05) is 12.6 Å². The van der Waals surface area contributed by atoms with Gasteiger partial charge < -0.3 is 15.3 Å². The van der Waals surface area contributed by atoms with E-state index >= 15 is 0 Å². The van der Waals surface area contributed by atoms with Crippen LogP contribution in [0.5, 0.6) is 5.75 Å². The molecular weight excluding hydrogens is 212 g/mol. The first kappa shape index (κ1) is 12.4. The average Bonchev–Trinajstić information content (AvgIpc) is 2.33. The molecule has 1 saturated heterocycles. The molecule has 1 heterocycles. The Balaban J connectivity index is 1.83. The molecule has 0 unspecified atom stereocenters. The van der Waals surface area contributed by atoms with Gasteiger partial charge in [-0.25, -0.2) is 0 Å². The topological polar surface area (TPSA) is 35.5 Å². The summed E-state index contributed by atoms with van der Waals surface area (Å²) in [5.74, 6) is 0.396. The van der Waals surface area contributed by atoms with E-state index in [9.17, 15) is 5.11 Å². The first-order valence-electron chi connectivity index (χ1n) is 6.35. The maximum Gasteiger partial charge on any atom is 0.118 e. The molecule has 94 valence electrons. The summed E-state index contributed by atoms with van der Waals surface area (Å²) in [6.07, 6.45) is 2.43. The molecule has 0 spiro atoms. The van der Waals surface area contributed by atoms with Gasteiger partial charge in [-0.3, -0.25) is 0 Å². The van der Waals surface area contributed by atoms with Crippen molar-refractivity contribution in [3.63, 3.8) is 0 Å². The van der Waals surface area contributed by atoms with Crippen LogP contribution in [-0.2, 0) is 6.54 Å². The van der Waals surface area contributed by atoms with Gasteiger partial charge in [-0.2, -0.15) is 0 Å². The van der Waals surface area contributed by atoms with Crippen molar-refractivity contribution in [2.75, 3.05) is 20.1 Å². The fourth-order valence-electron chi connectivity index (χ4n) is 2.24. The monoisotopic (exact) mass is 234 g/mol. The molecule has 3 nitrogen and oxygen atoms in total. The van der Waals surface area contributed by atoms with Gasteiger partial charge in [0.15, 0.2) is 0 Å². The normalized spacial score (nSPS) is 18.5. The number of likely N-dealkylation sites (tertiary alicyclic amines) is 1. The molecule has 1 aliphatic heterocycles. The van der Waals surface area contributed by atoms with Crippen LogP contribution in [0.2, 0.25) is 0 Å². The molecule has 0 amide bonds. The van der Waals surface area contributed by atoms with Gasteiger partial charge in [0.05, 0.1) is 0 Å². The Hall–Kier alpha value is -1.06. The van der Waals surface area contributed by atoms with Gasteiger partial charge in [0.25, 0.3) is 0 Å². The Morgan fingerprint density at radius 3 is 2.71 bits per heavy atom. The molecule has 0 aliphatic carbocycles. The van der Waals surface area contributed by atoms with Crippen LogP contribution in [-0.4, -0.2) is 36.2 Å². The second-order valence-corrected chi connectivity index (χ2v) is 5.08. The van der Waals surface area contributed by atoms with Crippen LogP contribution in [0.4, 0.5) is 0 Å². The minimum Gasteiger partial charge on any atom is -0.508 e. The molecule has 17 heavy (non-hydrogen) atoms. The van der Waals surface area contributed by atoms with Crippen molar-refractivity contribution in [3.8, 4) is 5.75 Å². The summed E-state index contributed by atoms with van der Waals surface area (Å²) in [5.41, 5.74) is 2.10. The Kier molecular flexibility index (Phi) is 4.02. The molecule has 2 rings (SSSR count). The summed E-state index contributed by atoms with van der Waals surface area (Å²) in [7, 11) is 2.17. The first-order chi connectivity index (χ1) is 8.15. The van der Waals surface area contributed by atoms with Crippen molar-refractivity contribution in [1.82, 2.24) is 10.2 Å². The van der Waals surface area contributed by atoms with Crippen LogP contribution in [0.3, 0.4) is 0 Å². The predicted molar refractivity (Wildman–Crippen MR) is 70.2 cm³/mol. The molecule has 1 aromatic carbocycles. The summed E-state index contributed by atoms with van der Waals surface area (Å²) in [5, 5.41) is 13.2. The van der Waals surface area contributed by atoms with Crippen LogP contribution in [0.25, 0.3) is 0 Å². The second kappa shape index (κ2) is 5.52. The number of nitrogens with one attached hydrogen (secondary N) is 1. The van der Waals surface area contributed by atoms with E-state index in [1.807, 2.05) is 19.1 Å². The van der Waals surface area contributed by atoms with E-state index < -0.39 is 0 Å². The second-order valence-electron chi connectivity index (χ2n) is 5.08. The van der Waals surface area contributed by atoms with Crippen molar-refractivity contribution in [3.05, 3.63) is 29.3 Å². The Bertz CT molecular complexity index is 370. The molecule has 2 N–H and O–H groups in total. The molecule has 0 atom stereocenters. The summed E-state index contributed by atoms with van der Waals surface area (Å²) >= 11 is 0. The number of aromatic hydroxyl groups is 1. The summed E-state index contributed by atoms with van der Waals surface area (Å²) in [4.78, 5) is 2.37. The maximum absolute atomic E-state index is 9.64. The molecule has 3 heteroatoms. The number of rotatable bonds is 3. The zero-order valence-electron chi connectivity index (χ0n) is 10.7. The fourth-order valence-corrected chi connectivity index (χ4v) is 2.24. The number of phenols is 1. The molecule has 1 aromatic rings. The number of phenolic OH excluding ortho intramolecular Hbond substituents is 1. The van der Waals surface area contributed by atoms with Gasteiger partial charge >= 0.3 is 0 Å². The Morgan fingerprint density at radius 2 is 2.06 bits per heavy atom.